The molecule has 0 saturated carbocycles. The van der Waals surface area contributed by atoms with Gasteiger partial charge in [-0.25, -0.2) is 14.1 Å². The average Bonchev–Trinajstić information content (AvgIpc) is 3.03. The predicted octanol–water partition coefficient (Wildman–Crippen LogP) is 3.25. The van der Waals surface area contributed by atoms with Crippen molar-refractivity contribution in [2.75, 3.05) is 0 Å². The number of carbonyl (C=O) groups is 1. The van der Waals surface area contributed by atoms with Crippen molar-refractivity contribution >= 4 is 29.1 Å². The second-order valence-electron chi connectivity index (χ2n) is 7.20. The molecule has 0 atom stereocenters. The van der Waals surface area contributed by atoms with Gasteiger partial charge in [0.25, 0.3) is 5.56 Å². The molecule has 0 saturated heterocycles. The summed E-state index contributed by atoms with van der Waals surface area (Å²) in [6.45, 7) is 6.15. The second-order valence-corrected chi connectivity index (χ2v) is 7.98. The lowest BCUT2D eigenvalue weighted by atomic mass is 10.0. The lowest BCUT2D eigenvalue weighted by molar-refractivity contribution is -0.120. The molecular weight excluding hydrogens is 436 g/mol. The number of carbonyl (C=O) groups excluding carboxylic acids is 1. The summed E-state index contributed by atoms with van der Waals surface area (Å²) in [7, 11) is 0. The van der Waals surface area contributed by atoms with Gasteiger partial charge < -0.3 is 10.4 Å². The minimum absolute atomic E-state index is 0.0111. The van der Waals surface area contributed by atoms with Gasteiger partial charge in [-0.05, 0) is 20.8 Å². The molecule has 2 N–H and O–H groups in total. The number of nitrogens with zero attached hydrogens (tertiary/aromatic N) is 4. The molecule has 3 heterocycles. The molecular formula is C19H18Cl2FN5O3. The lowest BCUT2D eigenvalue weighted by Crippen LogP contribution is -2.40. The number of hydrogen-bond donors (Lipinski definition) is 2. The molecule has 8 nitrogen and oxygen atoms in total. The van der Waals surface area contributed by atoms with Crippen LogP contribution in [0, 0.1) is 12.7 Å². The average molecular weight is 454 g/mol. The van der Waals surface area contributed by atoms with Crippen LogP contribution in [0.5, 0.6) is 5.75 Å². The van der Waals surface area contributed by atoms with Crippen molar-refractivity contribution < 1.29 is 14.3 Å². The fourth-order valence-corrected chi connectivity index (χ4v) is 3.43. The van der Waals surface area contributed by atoms with Gasteiger partial charge in [0.1, 0.15) is 16.5 Å². The Labute approximate surface area is 180 Å². The Morgan fingerprint density at radius 1 is 1.30 bits per heavy atom. The third-order valence-corrected chi connectivity index (χ3v) is 5.01. The van der Waals surface area contributed by atoms with E-state index in [1.165, 1.54) is 34.5 Å². The largest absolute Gasteiger partial charge is 0.506 e. The molecule has 0 aromatic carbocycles. The maximum atomic E-state index is 14.6. The fraction of sp³-hybridized carbons (Fsp3) is 0.263. The van der Waals surface area contributed by atoms with E-state index in [0.717, 1.165) is 6.20 Å². The summed E-state index contributed by atoms with van der Waals surface area (Å²) >= 11 is 12.1. The van der Waals surface area contributed by atoms with Gasteiger partial charge in [0.2, 0.25) is 5.91 Å². The smallest absolute Gasteiger partial charge is 0.277 e. The molecule has 0 bridgehead atoms. The number of aromatic hydroxyl groups is 1. The molecule has 0 aliphatic rings. The van der Waals surface area contributed by atoms with Gasteiger partial charge >= 0.3 is 0 Å². The van der Waals surface area contributed by atoms with E-state index in [1.54, 1.807) is 20.8 Å². The van der Waals surface area contributed by atoms with E-state index in [4.69, 9.17) is 23.2 Å². The van der Waals surface area contributed by atoms with E-state index in [-0.39, 0.29) is 38.9 Å². The van der Waals surface area contributed by atoms with E-state index in [1.807, 2.05) is 0 Å². The Hall–Kier alpha value is -2.91. The van der Waals surface area contributed by atoms with Crippen LogP contribution in [0.2, 0.25) is 10.0 Å². The first-order valence-electron chi connectivity index (χ1n) is 8.74. The highest BCUT2D eigenvalue weighted by molar-refractivity contribution is 6.32. The van der Waals surface area contributed by atoms with E-state index in [0.29, 0.717) is 5.69 Å². The number of halogens is 3. The molecule has 11 heteroatoms. The van der Waals surface area contributed by atoms with Crippen LogP contribution in [0.4, 0.5) is 4.39 Å². The van der Waals surface area contributed by atoms with Crippen molar-refractivity contribution in [1.29, 1.82) is 0 Å². The standard InChI is InChI=1S/C19H18Cl2FN5O3/c1-9-5-14(29)16(21)18(30)27(9)13-6-15(23-7-11(13)20)26-8-12(22)17(25-26)19(3,4)24-10(2)28/h5-8,29H,1-4H3,(H,24,28). The van der Waals surface area contributed by atoms with Crippen molar-refractivity contribution in [1.82, 2.24) is 24.6 Å². The topological polar surface area (TPSA) is 102 Å². The number of aromatic nitrogens is 4. The molecule has 3 aromatic rings. The van der Waals surface area contributed by atoms with Crippen LogP contribution in [0.25, 0.3) is 11.5 Å². The monoisotopic (exact) mass is 453 g/mol. The Bertz CT molecular complexity index is 1220. The first-order valence-corrected chi connectivity index (χ1v) is 9.49. The quantitative estimate of drug-likeness (QED) is 0.630. The summed E-state index contributed by atoms with van der Waals surface area (Å²) in [5.41, 5.74) is -1.12. The van der Waals surface area contributed by atoms with Crippen molar-refractivity contribution in [3.05, 3.63) is 62.1 Å². The highest BCUT2D eigenvalue weighted by atomic mass is 35.5. The normalized spacial score (nSPS) is 11.6. The van der Waals surface area contributed by atoms with E-state index >= 15 is 0 Å². The van der Waals surface area contributed by atoms with Crippen LogP contribution in [-0.2, 0) is 10.3 Å². The third-order valence-electron chi connectivity index (χ3n) is 4.36. The van der Waals surface area contributed by atoms with Crippen LogP contribution >= 0.6 is 23.2 Å². The van der Waals surface area contributed by atoms with Crippen LogP contribution in [0.3, 0.4) is 0 Å². The fourth-order valence-electron chi connectivity index (χ4n) is 3.10. The zero-order valence-corrected chi connectivity index (χ0v) is 18.0. The van der Waals surface area contributed by atoms with Crippen molar-refractivity contribution in [3.8, 4) is 17.3 Å². The molecule has 30 heavy (non-hydrogen) atoms. The van der Waals surface area contributed by atoms with Gasteiger partial charge in [0.15, 0.2) is 11.6 Å². The molecule has 0 aliphatic carbocycles. The molecule has 0 radical (unpaired) electrons. The van der Waals surface area contributed by atoms with Gasteiger partial charge in [0, 0.05) is 24.8 Å². The molecule has 3 aromatic heterocycles. The predicted molar refractivity (Wildman–Crippen MR) is 110 cm³/mol. The molecule has 158 valence electrons. The minimum Gasteiger partial charge on any atom is -0.506 e. The Kier molecular flexibility index (Phi) is 5.62. The number of amides is 1. The Morgan fingerprint density at radius 2 is 1.97 bits per heavy atom. The zero-order valence-electron chi connectivity index (χ0n) is 16.5. The SMILES string of the molecule is CC(=O)NC(C)(C)c1nn(-c2cc(-n3c(C)cc(O)c(Cl)c3=O)c(Cl)cn2)cc1F. The van der Waals surface area contributed by atoms with Crippen LogP contribution < -0.4 is 10.9 Å². The molecule has 3 rings (SSSR count). The summed E-state index contributed by atoms with van der Waals surface area (Å²) in [5.74, 6) is -1.15. The van der Waals surface area contributed by atoms with Crippen molar-refractivity contribution in [2.45, 2.75) is 33.2 Å². The maximum absolute atomic E-state index is 14.6. The lowest BCUT2D eigenvalue weighted by Gasteiger charge is -2.23. The summed E-state index contributed by atoms with van der Waals surface area (Å²) in [4.78, 5) is 28.1. The van der Waals surface area contributed by atoms with E-state index < -0.39 is 16.9 Å². The zero-order chi connectivity index (χ0) is 22.4. The second kappa shape index (κ2) is 7.73. The van der Waals surface area contributed by atoms with Gasteiger partial charge in [0.05, 0.1) is 28.6 Å². The van der Waals surface area contributed by atoms with Gasteiger partial charge in [-0.15, -0.1) is 0 Å². The summed E-state index contributed by atoms with van der Waals surface area (Å²) in [6.07, 6.45) is 2.40. The number of hydrogen-bond acceptors (Lipinski definition) is 5. The van der Waals surface area contributed by atoms with Crippen molar-refractivity contribution in [3.63, 3.8) is 0 Å². The first-order chi connectivity index (χ1) is 13.9. The molecule has 0 unspecified atom stereocenters. The molecule has 0 aliphatic heterocycles. The highest BCUT2D eigenvalue weighted by Gasteiger charge is 2.29. The number of pyridine rings is 2. The minimum atomic E-state index is -1.06. The van der Waals surface area contributed by atoms with Gasteiger partial charge in [-0.2, -0.15) is 5.10 Å². The van der Waals surface area contributed by atoms with Gasteiger partial charge in [-0.1, -0.05) is 23.2 Å². The van der Waals surface area contributed by atoms with Crippen LogP contribution in [0.15, 0.2) is 29.3 Å². The summed E-state index contributed by atoms with van der Waals surface area (Å²) in [6, 6.07) is 2.76. The summed E-state index contributed by atoms with van der Waals surface area (Å²) < 4.78 is 17.0. The first kappa shape index (κ1) is 21.8. The van der Waals surface area contributed by atoms with Crippen LogP contribution in [0.1, 0.15) is 32.2 Å². The Balaban J connectivity index is 2.15. The van der Waals surface area contributed by atoms with E-state index in [9.17, 15) is 19.1 Å². The molecule has 1 amide bonds. The molecule has 0 fully saturated rings. The summed E-state index contributed by atoms with van der Waals surface area (Å²) in [5, 5.41) is 16.4. The molecule has 0 spiro atoms. The highest BCUT2D eigenvalue weighted by Crippen LogP contribution is 2.27. The number of aryl methyl sites for hydroxylation is 1. The van der Waals surface area contributed by atoms with Crippen molar-refractivity contribution in [2.24, 2.45) is 0 Å². The maximum Gasteiger partial charge on any atom is 0.277 e. The number of nitrogens with one attached hydrogen (secondary N) is 1. The van der Waals surface area contributed by atoms with E-state index in [2.05, 4.69) is 15.4 Å². The van der Waals surface area contributed by atoms with Gasteiger partial charge in [-0.3, -0.25) is 14.2 Å². The van der Waals surface area contributed by atoms with Crippen LogP contribution in [-0.4, -0.2) is 30.3 Å². The number of rotatable bonds is 4. The Morgan fingerprint density at radius 3 is 2.60 bits per heavy atom. The third kappa shape index (κ3) is 3.90.